The van der Waals surface area contributed by atoms with Gasteiger partial charge in [0, 0.05) is 23.0 Å². The molecule has 2 N–H and O–H groups in total. The SMILES string of the molecule is Nc1cccc(-n2ccc(=O)c(-c3ccnn3-c3cccc(Cl)c3)n2)c1. The average Bonchev–Trinajstić information content (AvgIpc) is 3.12. The molecule has 2 aromatic carbocycles. The van der Waals surface area contributed by atoms with Crippen molar-refractivity contribution in [2.75, 3.05) is 5.73 Å². The number of nitrogens with zero attached hydrogens (tertiary/aromatic N) is 4. The Hall–Kier alpha value is -3.38. The van der Waals surface area contributed by atoms with E-state index in [1.807, 2.05) is 24.3 Å². The van der Waals surface area contributed by atoms with Crippen molar-refractivity contribution in [3.63, 3.8) is 0 Å². The van der Waals surface area contributed by atoms with Crippen LogP contribution in [0.3, 0.4) is 0 Å². The first-order chi connectivity index (χ1) is 12.6. The summed E-state index contributed by atoms with van der Waals surface area (Å²) in [4.78, 5) is 12.5. The highest BCUT2D eigenvalue weighted by Crippen LogP contribution is 2.21. The Morgan fingerprint density at radius 3 is 2.58 bits per heavy atom. The van der Waals surface area contributed by atoms with E-state index in [1.165, 1.54) is 6.07 Å². The van der Waals surface area contributed by atoms with E-state index in [0.29, 0.717) is 16.4 Å². The molecule has 2 heterocycles. The summed E-state index contributed by atoms with van der Waals surface area (Å²) in [6.07, 6.45) is 3.23. The molecule has 0 radical (unpaired) electrons. The average molecular weight is 364 g/mol. The predicted molar refractivity (Wildman–Crippen MR) is 102 cm³/mol. The molecule has 0 aliphatic carbocycles. The van der Waals surface area contributed by atoms with Gasteiger partial charge in [-0.2, -0.15) is 10.2 Å². The minimum absolute atomic E-state index is 0.200. The van der Waals surface area contributed by atoms with Crippen LogP contribution in [0.15, 0.2) is 77.9 Å². The molecule has 0 aliphatic heterocycles. The van der Waals surface area contributed by atoms with E-state index in [2.05, 4.69) is 10.2 Å². The molecule has 0 saturated heterocycles. The van der Waals surface area contributed by atoms with Gasteiger partial charge in [0.2, 0.25) is 5.43 Å². The first-order valence-electron chi connectivity index (χ1n) is 7.88. The number of hydrogen-bond acceptors (Lipinski definition) is 4. The van der Waals surface area contributed by atoms with Gasteiger partial charge < -0.3 is 5.73 Å². The molecule has 0 unspecified atom stereocenters. The first-order valence-corrected chi connectivity index (χ1v) is 8.26. The van der Waals surface area contributed by atoms with Crippen LogP contribution < -0.4 is 11.2 Å². The second-order valence-electron chi connectivity index (χ2n) is 5.68. The first kappa shape index (κ1) is 16.1. The highest BCUT2D eigenvalue weighted by Gasteiger charge is 2.14. The fourth-order valence-electron chi connectivity index (χ4n) is 2.69. The number of benzene rings is 2. The molecule has 4 rings (SSSR count). The third-order valence-electron chi connectivity index (χ3n) is 3.88. The minimum atomic E-state index is -0.200. The molecule has 7 heteroatoms. The van der Waals surface area contributed by atoms with Crippen LogP contribution in [-0.4, -0.2) is 19.6 Å². The van der Waals surface area contributed by atoms with Gasteiger partial charge in [-0.1, -0.05) is 23.7 Å². The van der Waals surface area contributed by atoms with E-state index in [1.54, 1.807) is 52.1 Å². The lowest BCUT2D eigenvalue weighted by Crippen LogP contribution is -2.14. The van der Waals surface area contributed by atoms with Crippen LogP contribution >= 0.6 is 11.6 Å². The lowest BCUT2D eigenvalue weighted by molar-refractivity contribution is 0.823. The van der Waals surface area contributed by atoms with E-state index in [-0.39, 0.29) is 11.1 Å². The zero-order valence-electron chi connectivity index (χ0n) is 13.6. The highest BCUT2D eigenvalue weighted by molar-refractivity contribution is 6.30. The number of rotatable bonds is 3. The third kappa shape index (κ3) is 2.98. The van der Waals surface area contributed by atoms with Crippen molar-refractivity contribution in [3.05, 3.63) is 88.3 Å². The van der Waals surface area contributed by atoms with Crippen LogP contribution in [0.1, 0.15) is 0 Å². The van der Waals surface area contributed by atoms with Crippen LogP contribution in [0.4, 0.5) is 5.69 Å². The summed E-state index contributed by atoms with van der Waals surface area (Å²) in [6.45, 7) is 0. The molecule has 0 saturated carbocycles. The summed E-state index contributed by atoms with van der Waals surface area (Å²) in [5.74, 6) is 0. The number of nitrogen functional groups attached to an aromatic ring is 1. The molecule has 6 nitrogen and oxygen atoms in total. The summed E-state index contributed by atoms with van der Waals surface area (Å²) in [5.41, 5.74) is 8.64. The Bertz CT molecular complexity index is 1150. The molecule has 0 aliphatic rings. The zero-order chi connectivity index (χ0) is 18.1. The summed E-state index contributed by atoms with van der Waals surface area (Å²) in [7, 11) is 0. The van der Waals surface area contributed by atoms with Crippen molar-refractivity contribution in [3.8, 4) is 22.8 Å². The molecule has 4 aromatic rings. The quantitative estimate of drug-likeness (QED) is 0.566. The van der Waals surface area contributed by atoms with Crippen molar-refractivity contribution < 1.29 is 0 Å². The van der Waals surface area contributed by atoms with Gasteiger partial charge in [-0.25, -0.2) is 9.36 Å². The largest absolute Gasteiger partial charge is 0.399 e. The molecule has 26 heavy (non-hydrogen) atoms. The predicted octanol–water partition coefficient (Wildman–Crippen LogP) is 3.32. The van der Waals surface area contributed by atoms with Gasteiger partial charge in [-0.3, -0.25) is 4.79 Å². The number of nitrogens with two attached hydrogens (primary N) is 1. The lowest BCUT2D eigenvalue weighted by atomic mass is 10.2. The Morgan fingerprint density at radius 1 is 0.962 bits per heavy atom. The van der Waals surface area contributed by atoms with Crippen molar-refractivity contribution in [2.45, 2.75) is 0 Å². The lowest BCUT2D eigenvalue weighted by Gasteiger charge is -2.10. The second kappa shape index (κ2) is 6.50. The number of anilines is 1. The monoisotopic (exact) mass is 363 g/mol. The molecule has 0 spiro atoms. The maximum Gasteiger partial charge on any atom is 0.209 e. The second-order valence-corrected chi connectivity index (χ2v) is 6.11. The van der Waals surface area contributed by atoms with Gasteiger partial charge in [-0.05, 0) is 42.5 Å². The van der Waals surface area contributed by atoms with Crippen LogP contribution in [-0.2, 0) is 0 Å². The van der Waals surface area contributed by atoms with Gasteiger partial charge in [0.05, 0.1) is 23.3 Å². The molecular weight excluding hydrogens is 350 g/mol. The smallest absolute Gasteiger partial charge is 0.209 e. The van der Waals surface area contributed by atoms with Crippen molar-refractivity contribution in [1.29, 1.82) is 0 Å². The number of halogens is 1. The standard InChI is InChI=1S/C19H14ClN5O/c20-13-3-1-6-16(11-13)25-17(7-9-22-25)19-18(26)8-10-24(23-19)15-5-2-4-14(21)12-15/h1-12H,21H2. The van der Waals surface area contributed by atoms with Crippen molar-refractivity contribution in [1.82, 2.24) is 19.6 Å². The molecule has 0 amide bonds. The number of hydrogen-bond donors (Lipinski definition) is 1. The van der Waals surface area contributed by atoms with Gasteiger partial charge in [-0.15, -0.1) is 0 Å². The van der Waals surface area contributed by atoms with E-state index >= 15 is 0 Å². The van der Waals surface area contributed by atoms with Crippen molar-refractivity contribution in [2.24, 2.45) is 0 Å². The summed E-state index contributed by atoms with van der Waals surface area (Å²) >= 11 is 6.08. The molecular formula is C19H14ClN5O. The maximum atomic E-state index is 12.5. The minimum Gasteiger partial charge on any atom is -0.399 e. The molecule has 0 atom stereocenters. The number of aromatic nitrogens is 4. The van der Waals surface area contributed by atoms with Crippen LogP contribution in [0, 0.1) is 0 Å². The Labute approximate surface area is 154 Å². The maximum absolute atomic E-state index is 12.5. The fourth-order valence-corrected chi connectivity index (χ4v) is 2.88. The molecule has 0 fully saturated rings. The van der Waals surface area contributed by atoms with Gasteiger partial charge >= 0.3 is 0 Å². The topological polar surface area (TPSA) is 78.7 Å². The van der Waals surface area contributed by atoms with Gasteiger partial charge in [0.1, 0.15) is 0 Å². The van der Waals surface area contributed by atoms with E-state index in [0.717, 1.165) is 11.4 Å². The Balaban J connectivity index is 1.86. The fraction of sp³-hybridized carbons (Fsp3) is 0. The van der Waals surface area contributed by atoms with E-state index in [9.17, 15) is 4.79 Å². The van der Waals surface area contributed by atoms with Gasteiger partial charge in [0.15, 0.2) is 5.69 Å². The summed E-state index contributed by atoms with van der Waals surface area (Å²) in [5, 5.41) is 9.39. The van der Waals surface area contributed by atoms with Crippen LogP contribution in [0.2, 0.25) is 5.02 Å². The van der Waals surface area contributed by atoms with Crippen LogP contribution in [0.25, 0.3) is 22.8 Å². The third-order valence-corrected chi connectivity index (χ3v) is 4.12. The molecule has 128 valence electrons. The Morgan fingerprint density at radius 2 is 1.77 bits per heavy atom. The van der Waals surface area contributed by atoms with Crippen molar-refractivity contribution >= 4 is 17.3 Å². The normalized spacial score (nSPS) is 10.8. The van der Waals surface area contributed by atoms with Gasteiger partial charge in [0.25, 0.3) is 0 Å². The van der Waals surface area contributed by atoms with E-state index in [4.69, 9.17) is 17.3 Å². The van der Waals surface area contributed by atoms with E-state index < -0.39 is 0 Å². The summed E-state index contributed by atoms with van der Waals surface area (Å²) < 4.78 is 3.25. The Kier molecular flexibility index (Phi) is 4.02. The highest BCUT2D eigenvalue weighted by atomic mass is 35.5. The van der Waals surface area contributed by atoms with Crippen LogP contribution in [0.5, 0.6) is 0 Å². The molecule has 0 bridgehead atoms. The zero-order valence-corrected chi connectivity index (χ0v) is 14.3. The molecule has 2 aromatic heterocycles. The summed E-state index contributed by atoms with van der Waals surface area (Å²) in [6, 6.07) is 17.7.